The number of halogens is 2. The highest BCUT2D eigenvalue weighted by Crippen LogP contribution is 2.29. The third-order valence-electron chi connectivity index (χ3n) is 5.81. The van der Waals surface area contributed by atoms with E-state index in [1.807, 2.05) is 13.0 Å². The number of rotatable bonds is 5. The molecule has 170 valence electrons. The molecule has 11 heteroatoms. The van der Waals surface area contributed by atoms with Crippen molar-refractivity contribution < 1.29 is 4.39 Å². The molecule has 0 radical (unpaired) electrons. The smallest absolute Gasteiger partial charge is 0.224 e. The molecule has 9 nitrogen and oxygen atoms in total. The fourth-order valence-electron chi connectivity index (χ4n) is 4.28. The van der Waals surface area contributed by atoms with Crippen LogP contribution in [0.4, 0.5) is 16.0 Å². The van der Waals surface area contributed by atoms with Gasteiger partial charge in [0.2, 0.25) is 5.28 Å². The SMILES string of the molecule is Cc1cc(N[C@H]2CCC[C@@H](Nc3nc(-c4c[nH]c5ncncc45)nc(C)c3F)C2)nc(Cl)n1. The highest BCUT2D eigenvalue weighted by atomic mass is 35.5. The molecule has 33 heavy (non-hydrogen) atoms. The molecule has 0 spiro atoms. The van der Waals surface area contributed by atoms with E-state index in [0.717, 1.165) is 42.3 Å². The van der Waals surface area contributed by atoms with E-state index in [9.17, 15) is 4.39 Å². The molecular weight excluding hydrogens is 445 g/mol. The summed E-state index contributed by atoms with van der Waals surface area (Å²) in [5.41, 5.74) is 2.50. The lowest BCUT2D eigenvalue weighted by Crippen LogP contribution is -2.35. The van der Waals surface area contributed by atoms with Crippen molar-refractivity contribution in [2.24, 2.45) is 0 Å². The minimum absolute atomic E-state index is 0.0533. The maximum atomic E-state index is 15.0. The summed E-state index contributed by atoms with van der Waals surface area (Å²) >= 11 is 5.99. The molecule has 0 saturated heterocycles. The molecule has 0 aliphatic heterocycles. The van der Waals surface area contributed by atoms with E-state index in [2.05, 4.69) is 45.5 Å². The molecule has 1 aliphatic carbocycles. The fourth-order valence-corrected chi connectivity index (χ4v) is 4.51. The Morgan fingerprint density at radius 2 is 1.91 bits per heavy atom. The van der Waals surface area contributed by atoms with Gasteiger partial charge in [-0.1, -0.05) is 0 Å². The first kappa shape index (κ1) is 21.4. The largest absolute Gasteiger partial charge is 0.367 e. The van der Waals surface area contributed by atoms with E-state index in [0.29, 0.717) is 17.3 Å². The third kappa shape index (κ3) is 4.56. The van der Waals surface area contributed by atoms with Gasteiger partial charge in [-0.2, -0.15) is 0 Å². The number of fused-ring (bicyclic) bond motifs is 1. The number of nitrogens with zero attached hydrogens (tertiary/aromatic N) is 6. The average Bonchev–Trinajstić information content (AvgIpc) is 3.20. The number of hydrogen-bond donors (Lipinski definition) is 3. The predicted molar refractivity (Wildman–Crippen MR) is 125 cm³/mol. The molecule has 1 fully saturated rings. The van der Waals surface area contributed by atoms with Gasteiger partial charge in [-0.05, 0) is 51.1 Å². The quantitative estimate of drug-likeness (QED) is 0.368. The second-order valence-electron chi connectivity index (χ2n) is 8.30. The van der Waals surface area contributed by atoms with E-state index >= 15 is 0 Å². The van der Waals surface area contributed by atoms with Crippen LogP contribution in [-0.2, 0) is 0 Å². The van der Waals surface area contributed by atoms with Crippen LogP contribution in [-0.4, -0.2) is 47.0 Å². The summed E-state index contributed by atoms with van der Waals surface area (Å²) in [6, 6.07) is 2.10. The van der Waals surface area contributed by atoms with Crippen molar-refractivity contribution in [3.63, 3.8) is 0 Å². The van der Waals surface area contributed by atoms with E-state index in [4.69, 9.17) is 11.6 Å². The fraction of sp³-hybridized carbons (Fsp3) is 0.364. The van der Waals surface area contributed by atoms with Crippen LogP contribution in [0.1, 0.15) is 37.1 Å². The Balaban J connectivity index is 1.36. The van der Waals surface area contributed by atoms with Gasteiger partial charge in [0.25, 0.3) is 0 Å². The molecule has 0 unspecified atom stereocenters. The first-order chi connectivity index (χ1) is 16.0. The number of aromatic amines is 1. The number of anilines is 2. The Kier molecular flexibility index (Phi) is 5.76. The van der Waals surface area contributed by atoms with Gasteiger partial charge in [-0.15, -0.1) is 0 Å². The maximum absolute atomic E-state index is 15.0. The second kappa shape index (κ2) is 8.86. The van der Waals surface area contributed by atoms with Gasteiger partial charge in [0.15, 0.2) is 17.5 Å². The van der Waals surface area contributed by atoms with Crippen molar-refractivity contribution in [3.8, 4) is 11.4 Å². The normalized spacial score (nSPS) is 18.4. The molecule has 4 aromatic heterocycles. The lowest BCUT2D eigenvalue weighted by atomic mass is 9.91. The molecule has 4 heterocycles. The lowest BCUT2D eigenvalue weighted by molar-refractivity contribution is 0.424. The van der Waals surface area contributed by atoms with E-state index in [1.165, 1.54) is 6.33 Å². The standard InChI is InChI=1S/C22H23ClFN9/c1-11-6-17(32-22(23)28-11)30-13-4-3-5-14(7-13)31-21-18(24)12(2)29-20(33-21)16-9-26-19-15(16)8-25-10-27-19/h6,8-10,13-14H,3-5,7H2,1-2H3,(H,25,26,27)(H,28,30,32)(H,29,31,33)/t13-,14+/m0/s1. The Morgan fingerprint density at radius 3 is 2.73 bits per heavy atom. The van der Waals surface area contributed by atoms with Crippen LogP contribution in [0.25, 0.3) is 22.4 Å². The summed E-state index contributed by atoms with van der Waals surface area (Å²) in [6.45, 7) is 3.52. The number of H-pyrrole nitrogens is 1. The molecule has 0 amide bonds. The minimum atomic E-state index is -0.442. The van der Waals surface area contributed by atoms with Crippen molar-refractivity contribution in [1.82, 2.24) is 34.9 Å². The van der Waals surface area contributed by atoms with E-state index in [1.54, 1.807) is 19.3 Å². The Bertz CT molecular complexity index is 1290. The van der Waals surface area contributed by atoms with Gasteiger partial charge in [0, 0.05) is 47.2 Å². The number of nitrogens with one attached hydrogen (secondary N) is 3. The topological polar surface area (TPSA) is 117 Å². The predicted octanol–water partition coefficient (Wildman–Crippen LogP) is 4.45. The van der Waals surface area contributed by atoms with Gasteiger partial charge >= 0.3 is 0 Å². The molecule has 1 saturated carbocycles. The third-order valence-corrected chi connectivity index (χ3v) is 5.98. The second-order valence-corrected chi connectivity index (χ2v) is 8.63. The maximum Gasteiger partial charge on any atom is 0.224 e. The monoisotopic (exact) mass is 467 g/mol. The summed E-state index contributed by atoms with van der Waals surface area (Å²) in [5, 5.41) is 7.76. The van der Waals surface area contributed by atoms with Crippen LogP contribution in [0.15, 0.2) is 24.8 Å². The van der Waals surface area contributed by atoms with Crippen molar-refractivity contribution in [2.45, 2.75) is 51.6 Å². The highest BCUT2D eigenvalue weighted by Gasteiger charge is 2.25. The average molecular weight is 468 g/mol. The van der Waals surface area contributed by atoms with Crippen LogP contribution in [0.3, 0.4) is 0 Å². The Morgan fingerprint density at radius 1 is 1.09 bits per heavy atom. The molecule has 3 N–H and O–H groups in total. The zero-order valence-corrected chi connectivity index (χ0v) is 19.0. The number of aryl methyl sites for hydroxylation is 2. The Labute approximate surface area is 194 Å². The van der Waals surface area contributed by atoms with Crippen LogP contribution >= 0.6 is 11.6 Å². The van der Waals surface area contributed by atoms with Crippen molar-refractivity contribution in [1.29, 1.82) is 0 Å². The molecule has 2 atom stereocenters. The molecule has 5 rings (SSSR count). The van der Waals surface area contributed by atoms with Gasteiger partial charge in [0.1, 0.15) is 17.8 Å². The van der Waals surface area contributed by atoms with Gasteiger partial charge in [-0.3, -0.25) is 0 Å². The van der Waals surface area contributed by atoms with Crippen LogP contribution in [0, 0.1) is 19.7 Å². The highest BCUT2D eigenvalue weighted by molar-refractivity contribution is 6.28. The first-order valence-corrected chi connectivity index (χ1v) is 11.2. The summed E-state index contributed by atoms with van der Waals surface area (Å²) in [7, 11) is 0. The molecule has 4 aromatic rings. The lowest BCUT2D eigenvalue weighted by Gasteiger charge is -2.31. The van der Waals surface area contributed by atoms with Gasteiger partial charge in [0.05, 0.1) is 5.69 Å². The summed E-state index contributed by atoms with van der Waals surface area (Å²) in [5.74, 6) is 0.887. The zero-order chi connectivity index (χ0) is 22.9. The van der Waals surface area contributed by atoms with Crippen LogP contribution < -0.4 is 10.6 Å². The van der Waals surface area contributed by atoms with E-state index < -0.39 is 5.82 Å². The summed E-state index contributed by atoms with van der Waals surface area (Å²) in [6.07, 6.45) is 8.62. The van der Waals surface area contributed by atoms with Crippen LogP contribution in [0.5, 0.6) is 0 Å². The van der Waals surface area contributed by atoms with Gasteiger partial charge in [-0.25, -0.2) is 34.3 Å². The molecule has 1 aliphatic rings. The number of hydrogen-bond acceptors (Lipinski definition) is 8. The molecule has 0 aromatic carbocycles. The van der Waals surface area contributed by atoms with E-state index in [-0.39, 0.29) is 28.9 Å². The Hall–Kier alpha value is -3.40. The molecule has 0 bridgehead atoms. The minimum Gasteiger partial charge on any atom is -0.367 e. The molecular formula is C22H23ClFN9. The zero-order valence-electron chi connectivity index (χ0n) is 18.2. The van der Waals surface area contributed by atoms with Crippen molar-refractivity contribution in [3.05, 3.63) is 47.3 Å². The first-order valence-electron chi connectivity index (χ1n) is 10.8. The van der Waals surface area contributed by atoms with Gasteiger partial charge < -0.3 is 15.6 Å². The van der Waals surface area contributed by atoms with Crippen LogP contribution in [0.2, 0.25) is 5.28 Å². The summed E-state index contributed by atoms with van der Waals surface area (Å²) < 4.78 is 15.0. The summed E-state index contributed by atoms with van der Waals surface area (Å²) in [4.78, 5) is 28.6. The van der Waals surface area contributed by atoms with Crippen molar-refractivity contribution in [2.75, 3.05) is 10.6 Å². The number of aromatic nitrogens is 7. The van der Waals surface area contributed by atoms with Crippen molar-refractivity contribution >= 4 is 34.3 Å².